The van der Waals surface area contributed by atoms with Crippen molar-refractivity contribution in [2.75, 3.05) is 6.61 Å². The predicted molar refractivity (Wildman–Crippen MR) is 48.6 cm³/mol. The Balaban J connectivity index is 3.15. The molecule has 2 nitrogen and oxygen atoms in total. The molecule has 0 radical (unpaired) electrons. The van der Waals surface area contributed by atoms with Gasteiger partial charge >= 0.3 is 0 Å². The molecule has 0 aromatic carbocycles. The van der Waals surface area contributed by atoms with Crippen LogP contribution in [-0.4, -0.2) is 18.2 Å². The lowest BCUT2D eigenvalue weighted by molar-refractivity contribution is -0.00496. The van der Waals surface area contributed by atoms with Crippen LogP contribution in [0, 0.1) is 0 Å². The quantitative estimate of drug-likeness (QED) is 0.636. The normalized spacial score (nSPS) is 15.0. The van der Waals surface area contributed by atoms with E-state index in [4.69, 9.17) is 10.5 Å². The van der Waals surface area contributed by atoms with Crippen molar-refractivity contribution in [2.24, 2.45) is 5.73 Å². The van der Waals surface area contributed by atoms with Crippen LogP contribution in [0.15, 0.2) is 0 Å². The monoisotopic (exact) mass is 159 g/mol. The van der Waals surface area contributed by atoms with Crippen LogP contribution in [-0.2, 0) is 4.74 Å². The Hall–Kier alpha value is -0.0800. The lowest BCUT2D eigenvalue weighted by Gasteiger charge is -2.19. The Morgan fingerprint density at radius 1 is 1.36 bits per heavy atom. The largest absolute Gasteiger partial charge is 0.376 e. The fourth-order valence-corrected chi connectivity index (χ4v) is 0.784. The molecule has 11 heavy (non-hydrogen) atoms. The maximum Gasteiger partial charge on any atom is 0.0598 e. The fourth-order valence-electron chi connectivity index (χ4n) is 0.784. The first kappa shape index (κ1) is 10.9. The zero-order chi connectivity index (χ0) is 8.91. The molecule has 0 spiro atoms. The third kappa shape index (κ3) is 9.92. The summed E-state index contributed by atoms with van der Waals surface area (Å²) in [6.45, 7) is 9.05. The number of hydrogen-bond donors (Lipinski definition) is 1. The molecule has 2 heteroatoms. The number of nitrogens with two attached hydrogens (primary N) is 1. The van der Waals surface area contributed by atoms with E-state index in [1.165, 1.54) is 0 Å². The number of ether oxygens (including phenoxy) is 1. The van der Waals surface area contributed by atoms with Crippen molar-refractivity contribution in [2.45, 2.75) is 52.2 Å². The van der Waals surface area contributed by atoms with E-state index >= 15 is 0 Å². The van der Waals surface area contributed by atoms with Gasteiger partial charge in [-0.25, -0.2) is 0 Å². The molecule has 0 aliphatic heterocycles. The van der Waals surface area contributed by atoms with Gasteiger partial charge in [-0.3, -0.25) is 0 Å². The summed E-state index contributed by atoms with van der Waals surface area (Å²) in [5, 5.41) is 0. The number of hydrogen-bond acceptors (Lipinski definition) is 2. The van der Waals surface area contributed by atoms with Gasteiger partial charge in [-0.2, -0.15) is 0 Å². The van der Waals surface area contributed by atoms with E-state index in [0.717, 1.165) is 19.4 Å². The maximum atomic E-state index is 5.59. The molecule has 0 heterocycles. The average Bonchev–Trinajstić information content (AvgIpc) is 1.78. The molecular weight excluding hydrogens is 138 g/mol. The Labute approximate surface area is 70.1 Å². The molecule has 0 aliphatic rings. The van der Waals surface area contributed by atoms with E-state index in [1.807, 2.05) is 6.92 Å². The van der Waals surface area contributed by atoms with Gasteiger partial charge in [0.05, 0.1) is 5.60 Å². The second-order valence-corrected chi connectivity index (χ2v) is 4.08. The molecule has 68 valence electrons. The topological polar surface area (TPSA) is 35.2 Å². The van der Waals surface area contributed by atoms with Crippen molar-refractivity contribution in [3.05, 3.63) is 0 Å². The molecular formula is C9H21NO. The molecule has 0 amide bonds. The summed E-state index contributed by atoms with van der Waals surface area (Å²) in [7, 11) is 0. The minimum Gasteiger partial charge on any atom is -0.376 e. The highest BCUT2D eigenvalue weighted by molar-refractivity contribution is 4.59. The van der Waals surface area contributed by atoms with Crippen molar-refractivity contribution in [3.63, 3.8) is 0 Å². The van der Waals surface area contributed by atoms with Crippen molar-refractivity contribution in [1.29, 1.82) is 0 Å². The molecule has 0 aromatic heterocycles. The van der Waals surface area contributed by atoms with Gasteiger partial charge in [0.1, 0.15) is 0 Å². The average molecular weight is 159 g/mol. The second-order valence-electron chi connectivity index (χ2n) is 4.08. The van der Waals surface area contributed by atoms with Gasteiger partial charge in [-0.1, -0.05) is 0 Å². The summed E-state index contributed by atoms with van der Waals surface area (Å²) < 4.78 is 5.52. The molecule has 0 aliphatic carbocycles. The summed E-state index contributed by atoms with van der Waals surface area (Å²) in [5.74, 6) is 0. The molecule has 0 saturated heterocycles. The van der Waals surface area contributed by atoms with Gasteiger partial charge in [0.25, 0.3) is 0 Å². The molecule has 1 atom stereocenters. The van der Waals surface area contributed by atoms with Gasteiger partial charge < -0.3 is 10.5 Å². The van der Waals surface area contributed by atoms with Crippen LogP contribution in [0.5, 0.6) is 0 Å². The van der Waals surface area contributed by atoms with E-state index in [1.54, 1.807) is 0 Å². The minimum absolute atomic E-state index is 0.00215. The lowest BCUT2D eigenvalue weighted by Crippen LogP contribution is -2.21. The first-order valence-corrected chi connectivity index (χ1v) is 4.31. The summed E-state index contributed by atoms with van der Waals surface area (Å²) in [4.78, 5) is 0. The van der Waals surface area contributed by atoms with Crippen molar-refractivity contribution in [1.82, 2.24) is 0 Å². The van der Waals surface area contributed by atoms with E-state index in [0.29, 0.717) is 6.04 Å². The molecule has 0 rings (SSSR count). The van der Waals surface area contributed by atoms with Gasteiger partial charge in [-0.15, -0.1) is 0 Å². The molecule has 2 N–H and O–H groups in total. The smallest absolute Gasteiger partial charge is 0.0598 e. The third-order valence-corrected chi connectivity index (χ3v) is 1.34. The fraction of sp³-hybridized carbons (Fsp3) is 1.00. The maximum absolute atomic E-state index is 5.59. The minimum atomic E-state index is -0.00215. The van der Waals surface area contributed by atoms with Crippen LogP contribution in [0.25, 0.3) is 0 Å². The van der Waals surface area contributed by atoms with Gasteiger partial charge in [0, 0.05) is 12.6 Å². The van der Waals surface area contributed by atoms with E-state index in [-0.39, 0.29) is 5.60 Å². The lowest BCUT2D eigenvalue weighted by atomic mass is 10.2. The van der Waals surface area contributed by atoms with Gasteiger partial charge in [0.2, 0.25) is 0 Å². The Morgan fingerprint density at radius 3 is 2.27 bits per heavy atom. The second kappa shape index (κ2) is 4.73. The summed E-state index contributed by atoms with van der Waals surface area (Å²) in [6, 6.07) is 0.304. The van der Waals surface area contributed by atoms with Crippen LogP contribution in [0.4, 0.5) is 0 Å². The van der Waals surface area contributed by atoms with E-state index < -0.39 is 0 Å². The SMILES string of the molecule is C[C@@H](N)CCCOC(C)(C)C. The zero-order valence-corrected chi connectivity index (χ0v) is 8.18. The van der Waals surface area contributed by atoms with Gasteiger partial charge in [0.15, 0.2) is 0 Å². The standard InChI is InChI=1S/C9H21NO/c1-8(10)6-5-7-11-9(2,3)4/h8H,5-7,10H2,1-4H3/t8-/m1/s1. The zero-order valence-electron chi connectivity index (χ0n) is 8.18. The van der Waals surface area contributed by atoms with Crippen molar-refractivity contribution >= 4 is 0 Å². The van der Waals surface area contributed by atoms with Crippen LogP contribution in [0.2, 0.25) is 0 Å². The van der Waals surface area contributed by atoms with Gasteiger partial charge in [-0.05, 0) is 40.5 Å². The van der Waals surface area contributed by atoms with Crippen LogP contribution in [0.1, 0.15) is 40.5 Å². The Bertz CT molecular complexity index is 94.2. The Morgan fingerprint density at radius 2 is 1.91 bits per heavy atom. The van der Waals surface area contributed by atoms with E-state index in [2.05, 4.69) is 20.8 Å². The number of rotatable bonds is 4. The van der Waals surface area contributed by atoms with Crippen LogP contribution < -0.4 is 5.73 Å². The molecule has 0 unspecified atom stereocenters. The van der Waals surface area contributed by atoms with Crippen molar-refractivity contribution in [3.8, 4) is 0 Å². The highest BCUT2D eigenvalue weighted by atomic mass is 16.5. The molecule has 0 fully saturated rings. The predicted octanol–water partition coefficient (Wildman–Crippen LogP) is 1.93. The van der Waals surface area contributed by atoms with Crippen LogP contribution >= 0.6 is 0 Å². The van der Waals surface area contributed by atoms with Crippen molar-refractivity contribution < 1.29 is 4.74 Å². The Kier molecular flexibility index (Phi) is 4.69. The summed E-state index contributed by atoms with van der Waals surface area (Å²) in [6.07, 6.45) is 2.12. The molecule has 0 saturated carbocycles. The third-order valence-electron chi connectivity index (χ3n) is 1.34. The van der Waals surface area contributed by atoms with E-state index in [9.17, 15) is 0 Å². The molecule has 0 bridgehead atoms. The summed E-state index contributed by atoms with van der Waals surface area (Å²) >= 11 is 0. The molecule has 0 aromatic rings. The first-order valence-electron chi connectivity index (χ1n) is 4.31. The first-order chi connectivity index (χ1) is 4.92. The summed E-state index contributed by atoms with van der Waals surface area (Å²) in [5.41, 5.74) is 5.58. The van der Waals surface area contributed by atoms with Crippen LogP contribution in [0.3, 0.4) is 0 Å². The highest BCUT2D eigenvalue weighted by Gasteiger charge is 2.08. The highest BCUT2D eigenvalue weighted by Crippen LogP contribution is 2.07.